The monoisotopic (exact) mass is 249 g/mol. The summed E-state index contributed by atoms with van der Waals surface area (Å²) < 4.78 is 0. The van der Waals surface area contributed by atoms with E-state index in [1.807, 2.05) is 13.8 Å². The van der Waals surface area contributed by atoms with Gasteiger partial charge < -0.3 is 10.2 Å². The molecule has 1 fully saturated rings. The molecule has 0 bridgehead atoms. The first-order valence-electron chi connectivity index (χ1n) is 6.84. The van der Waals surface area contributed by atoms with Gasteiger partial charge in [-0.25, -0.2) is 4.98 Å². The van der Waals surface area contributed by atoms with Gasteiger partial charge in [-0.15, -0.1) is 5.10 Å². The highest BCUT2D eigenvalue weighted by atomic mass is 15.3. The zero-order valence-corrected chi connectivity index (χ0v) is 11.6. The first kappa shape index (κ1) is 13.2. The van der Waals surface area contributed by atoms with E-state index >= 15 is 0 Å². The molecule has 18 heavy (non-hydrogen) atoms. The van der Waals surface area contributed by atoms with Crippen molar-refractivity contribution in [3.8, 4) is 0 Å². The van der Waals surface area contributed by atoms with Crippen molar-refractivity contribution >= 4 is 5.95 Å². The second-order valence-electron chi connectivity index (χ2n) is 5.04. The summed E-state index contributed by atoms with van der Waals surface area (Å²) in [5.74, 6) is 1.49. The SMILES string of the molecule is CCNCC1CCCN(c2nnc(C)c(C)n2)C1. The van der Waals surface area contributed by atoms with Crippen molar-refractivity contribution in [1.29, 1.82) is 0 Å². The van der Waals surface area contributed by atoms with Gasteiger partial charge in [-0.2, -0.15) is 5.10 Å². The molecule has 0 aliphatic carbocycles. The van der Waals surface area contributed by atoms with E-state index in [1.165, 1.54) is 12.8 Å². The number of hydrogen-bond acceptors (Lipinski definition) is 5. The maximum Gasteiger partial charge on any atom is 0.245 e. The summed E-state index contributed by atoms with van der Waals surface area (Å²) in [6, 6.07) is 0. The number of anilines is 1. The van der Waals surface area contributed by atoms with Crippen molar-refractivity contribution in [2.24, 2.45) is 5.92 Å². The number of nitrogens with zero attached hydrogens (tertiary/aromatic N) is 4. The lowest BCUT2D eigenvalue weighted by atomic mass is 9.98. The summed E-state index contributed by atoms with van der Waals surface area (Å²) in [7, 11) is 0. The summed E-state index contributed by atoms with van der Waals surface area (Å²) in [4.78, 5) is 6.81. The van der Waals surface area contributed by atoms with E-state index in [0.717, 1.165) is 43.5 Å². The number of nitrogens with one attached hydrogen (secondary N) is 1. The smallest absolute Gasteiger partial charge is 0.245 e. The molecule has 1 aromatic rings. The highest BCUT2D eigenvalue weighted by Crippen LogP contribution is 2.19. The van der Waals surface area contributed by atoms with Crippen LogP contribution in [-0.4, -0.2) is 41.4 Å². The van der Waals surface area contributed by atoms with Crippen LogP contribution in [0.15, 0.2) is 0 Å². The Balaban J connectivity index is 2.01. The van der Waals surface area contributed by atoms with Gasteiger partial charge in [0.2, 0.25) is 5.95 Å². The molecular formula is C13H23N5. The van der Waals surface area contributed by atoms with Gasteiger partial charge in [0, 0.05) is 13.1 Å². The fourth-order valence-corrected chi connectivity index (χ4v) is 2.34. The minimum atomic E-state index is 0.698. The number of piperidine rings is 1. The molecule has 2 rings (SSSR count). The molecule has 0 aromatic carbocycles. The Morgan fingerprint density at radius 2 is 2.11 bits per heavy atom. The standard InChI is InChI=1S/C13H23N5/c1-4-14-8-12-6-5-7-18(9-12)13-15-10(2)11(3)16-17-13/h12,14H,4-9H2,1-3H3. The molecule has 1 aromatic heterocycles. The third-order valence-electron chi connectivity index (χ3n) is 3.57. The Kier molecular flexibility index (Phi) is 4.47. The Morgan fingerprint density at radius 1 is 1.28 bits per heavy atom. The number of hydrogen-bond donors (Lipinski definition) is 1. The predicted molar refractivity (Wildman–Crippen MR) is 72.8 cm³/mol. The Morgan fingerprint density at radius 3 is 2.83 bits per heavy atom. The van der Waals surface area contributed by atoms with E-state index in [1.54, 1.807) is 0 Å². The Bertz CT molecular complexity index is 393. The highest BCUT2D eigenvalue weighted by Gasteiger charge is 2.21. The van der Waals surface area contributed by atoms with Gasteiger partial charge in [0.1, 0.15) is 0 Å². The minimum Gasteiger partial charge on any atom is -0.339 e. The van der Waals surface area contributed by atoms with Crippen molar-refractivity contribution in [2.45, 2.75) is 33.6 Å². The maximum absolute atomic E-state index is 4.54. The van der Waals surface area contributed by atoms with Crippen LogP contribution in [0.4, 0.5) is 5.95 Å². The first-order valence-corrected chi connectivity index (χ1v) is 6.84. The fourth-order valence-electron chi connectivity index (χ4n) is 2.34. The van der Waals surface area contributed by atoms with Gasteiger partial charge in [0.25, 0.3) is 0 Å². The average Bonchev–Trinajstić information content (AvgIpc) is 2.40. The largest absolute Gasteiger partial charge is 0.339 e. The molecule has 100 valence electrons. The van der Waals surface area contributed by atoms with Crippen LogP contribution in [0.2, 0.25) is 0 Å². The zero-order chi connectivity index (χ0) is 13.0. The molecule has 1 unspecified atom stereocenters. The van der Waals surface area contributed by atoms with Crippen LogP contribution in [-0.2, 0) is 0 Å². The molecular weight excluding hydrogens is 226 g/mol. The minimum absolute atomic E-state index is 0.698. The third-order valence-corrected chi connectivity index (χ3v) is 3.57. The van der Waals surface area contributed by atoms with Gasteiger partial charge >= 0.3 is 0 Å². The summed E-state index contributed by atoms with van der Waals surface area (Å²) in [6.45, 7) is 10.3. The van der Waals surface area contributed by atoms with Crippen molar-refractivity contribution < 1.29 is 0 Å². The molecule has 1 N–H and O–H groups in total. The topological polar surface area (TPSA) is 53.9 Å². The second kappa shape index (κ2) is 6.09. The number of rotatable bonds is 4. The molecule has 0 spiro atoms. The average molecular weight is 249 g/mol. The van der Waals surface area contributed by atoms with Gasteiger partial charge in [-0.05, 0) is 45.7 Å². The lowest BCUT2D eigenvalue weighted by molar-refractivity contribution is 0.391. The van der Waals surface area contributed by atoms with Crippen molar-refractivity contribution in [3.63, 3.8) is 0 Å². The normalized spacial score (nSPS) is 20.2. The number of aromatic nitrogens is 3. The molecule has 5 nitrogen and oxygen atoms in total. The third kappa shape index (κ3) is 3.16. The Labute approximate surface area is 109 Å². The van der Waals surface area contributed by atoms with Gasteiger partial charge in [-0.1, -0.05) is 6.92 Å². The second-order valence-corrected chi connectivity index (χ2v) is 5.04. The number of aryl methyl sites for hydroxylation is 2. The fraction of sp³-hybridized carbons (Fsp3) is 0.769. The Hall–Kier alpha value is -1.23. The van der Waals surface area contributed by atoms with Gasteiger partial charge in [0.05, 0.1) is 11.4 Å². The summed E-state index contributed by atoms with van der Waals surface area (Å²) in [6.07, 6.45) is 2.51. The van der Waals surface area contributed by atoms with E-state index in [2.05, 4.69) is 32.3 Å². The molecule has 1 aliphatic rings. The molecule has 1 aliphatic heterocycles. The van der Waals surface area contributed by atoms with Gasteiger partial charge in [0.15, 0.2) is 0 Å². The quantitative estimate of drug-likeness (QED) is 0.872. The van der Waals surface area contributed by atoms with Crippen LogP contribution in [0.1, 0.15) is 31.2 Å². The zero-order valence-electron chi connectivity index (χ0n) is 11.6. The maximum atomic E-state index is 4.54. The molecule has 0 radical (unpaired) electrons. The van der Waals surface area contributed by atoms with E-state index in [-0.39, 0.29) is 0 Å². The lowest BCUT2D eigenvalue weighted by Gasteiger charge is -2.32. The van der Waals surface area contributed by atoms with Crippen LogP contribution < -0.4 is 10.2 Å². The predicted octanol–water partition coefficient (Wildman–Crippen LogP) is 1.31. The molecule has 1 saturated heterocycles. The van der Waals surface area contributed by atoms with Crippen molar-refractivity contribution in [1.82, 2.24) is 20.5 Å². The summed E-state index contributed by atoms with van der Waals surface area (Å²) in [5.41, 5.74) is 1.90. The van der Waals surface area contributed by atoms with Crippen LogP contribution in [0.3, 0.4) is 0 Å². The molecule has 0 amide bonds. The lowest BCUT2D eigenvalue weighted by Crippen LogP contribution is -2.40. The summed E-state index contributed by atoms with van der Waals surface area (Å²) >= 11 is 0. The van der Waals surface area contributed by atoms with Gasteiger partial charge in [-0.3, -0.25) is 0 Å². The molecule has 5 heteroatoms. The van der Waals surface area contributed by atoms with E-state index in [4.69, 9.17) is 0 Å². The molecule has 1 atom stereocenters. The summed E-state index contributed by atoms with van der Waals surface area (Å²) in [5, 5.41) is 11.8. The van der Waals surface area contributed by atoms with Crippen molar-refractivity contribution in [3.05, 3.63) is 11.4 Å². The van der Waals surface area contributed by atoms with E-state index < -0.39 is 0 Å². The van der Waals surface area contributed by atoms with E-state index in [0.29, 0.717) is 5.92 Å². The first-order chi connectivity index (χ1) is 8.70. The highest BCUT2D eigenvalue weighted by molar-refractivity contribution is 5.30. The van der Waals surface area contributed by atoms with E-state index in [9.17, 15) is 0 Å². The van der Waals surface area contributed by atoms with Crippen LogP contribution in [0.5, 0.6) is 0 Å². The van der Waals surface area contributed by atoms with Crippen LogP contribution in [0.25, 0.3) is 0 Å². The van der Waals surface area contributed by atoms with Crippen molar-refractivity contribution in [2.75, 3.05) is 31.1 Å². The molecule has 2 heterocycles. The van der Waals surface area contributed by atoms with Crippen LogP contribution >= 0.6 is 0 Å². The molecule has 0 saturated carbocycles. The van der Waals surface area contributed by atoms with Crippen LogP contribution in [0, 0.1) is 19.8 Å².